The van der Waals surface area contributed by atoms with Gasteiger partial charge < -0.3 is 60.8 Å². The molecule has 3 aromatic rings. The first kappa shape index (κ1) is 58.8. The van der Waals surface area contributed by atoms with Crippen LogP contribution in [0.3, 0.4) is 0 Å². The highest BCUT2D eigenvalue weighted by Crippen LogP contribution is 2.65. The number of fused-ring (bicyclic) bond motifs is 2. The number of hydrogen-bond donors (Lipinski definition) is 8. The highest BCUT2D eigenvalue weighted by atomic mass is 16.5. The lowest BCUT2D eigenvalue weighted by Crippen LogP contribution is -2.55. The van der Waals surface area contributed by atoms with Gasteiger partial charge in [0.05, 0.1) is 24.9 Å². The summed E-state index contributed by atoms with van der Waals surface area (Å²) in [4.78, 5) is 5.35. The Bertz CT molecular complexity index is 2860. The molecule has 454 valence electrons. The second-order valence-electron chi connectivity index (χ2n) is 28.7. The van der Waals surface area contributed by atoms with E-state index in [1.807, 2.05) is 24.3 Å². The molecule has 13 heteroatoms. The van der Waals surface area contributed by atoms with Crippen LogP contribution in [0.15, 0.2) is 53.5 Å². The molecule has 4 saturated carbocycles. The van der Waals surface area contributed by atoms with Crippen LogP contribution in [0.4, 0.5) is 0 Å². The van der Waals surface area contributed by atoms with Crippen molar-refractivity contribution in [2.75, 3.05) is 47.0 Å². The van der Waals surface area contributed by atoms with Gasteiger partial charge >= 0.3 is 0 Å². The Kier molecular flexibility index (Phi) is 17.0. The van der Waals surface area contributed by atoms with Gasteiger partial charge in [-0.1, -0.05) is 71.1 Å². The van der Waals surface area contributed by atoms with Crippen molar-refractivity contribution in [3.05, 3.63) is 76.4 Å². The van der Waals surface area contributed by atoms with E-state index < -0.39 is 18.3 Å². The maximum absolute atomic E-state index is 12.9. The molecule has 8 bridgehead atoms. The van der Waals surface area contributed by atoms with E-state index in [1.165, 1.54) is 12.8 Å². The van der Waals surface area contributed by atoms with E-state index in [-0.39, 0.29) is 69.9 Å². The number of hydrogen-bond acceptors (Lipinski definition) is 13. The molecule has 0 unspecified atom stereocenters. The molecule has 0 aromatic heterocycles. The van der Waals surface area contributed by atoms with Crippen LogP contribution < -0.4 is 30.6 Å². The van der Waals surface area contributed by atoms with Gasteiger partial charge in [-0.25, -0.2) is 0 Å². The van der Waals surface area contributed by atoms with E-state index >= 15 is 0 Å². The van der Waals surface area contributed by atoms with E-state index in [2.05, 4.69) is 56.7 Å². The average molecular weight is 1140 g/mol. The standard InChI is InChI=1S/C70H100N4O9/c1-6-44-28-46-13-12-45(44)29-50(76)37-69(21-10-20-68(69)24-26-81-70(40-68)22-9-11-43(36-70)38-72-4)41-74-66(71)73-25-17-51-55(39-75)67(18-7-8-19-67)23-16-59(51)82-61-33-47(14-15-56(61)77)65-58(79)34-54-60(83-65)35-62(80-5)64-53-31-49(27-42(2)3)57(78)32-48(53)30-52(46)63(54)64/h12-15,31-33,35,42-46,50-52,55,58-59,65,72,75-79H,6-11,16-30,34,36-41H2,1-5H3,(H3,71,73,74)/t43-,44-,45+,46+,50+,51+,52-,55-,58+,59-,65-,68-,69-,70-/m0/s1. The Labute approximate surface area is 495 Å². The molecule has 6 aliphatic heterocycles. The van der Waals surface area contributed by atoms with E-state index in [1.54, 1.807) is 13.2 Å². The van der Waals surface area contributed by atoms with Crippen molar-refractivity contribution in [1.82, 2.24) is 10.6 Å². The molecule has 15 rings (SSSR count). The van der Waals surface area contributed by atoms with Gasteiger partial charge in [-0.3, -0.25) is 4.99 Å². The van der Waals surface area contributed by atoms with E-state index in [0.29, 0.717) is 97.5 Å². The number of nitrogens with one attached hydrogen (secondary N) is 2. The van der Waals surface area contributed by atoms with Gasteiger partial charge in [0.15, 0.2) is 17.5 Å². The Morgan fingerprint density at radius 3 is 2.46 bits per heavy atom. The highest BCUT2D eigenvalue weighted by Gasteiger charge is 2.60. The Morgan fingerprint density at radius 1 is 0.855 bits per heavy atom. The summed E-state index contributed by atoms with van der Waals surface area (Å²) >= 11 is 0. The molecular formula is C70H100N4O9. The Morgan fingerprint density at radius 2 is 1.67 bits per heavy atom. The summed E-state index contributed by atoms with van der Waals surface area (Å²) < 4.78 is 27.5. The normalized spacial score (nSPS) is 35.9. The molecule has 1 saturated heterocycles. The summed E-state index contributed by atoms with van der Waals surface area (Å²) in [5, 5.41) is 67.2. The van der Waals surface area contributed by atoms with Gasteiger partial charge in [0, 0.05) is 55.8 Å². The van der Waals surface area contributed by atoms with Gasteiger partial charge in [0.25, 0.3) is 0 Å². The predicted octanol–water partition coefficient (Wildman–Crippen LogP) is 11.8. The van der Waals surface area contributed by atoms with Gasteiger partial charge in [-0.05, 0) is 232 Å². The summed E-state index contributed by atoms with van der Waals surface area (Å²) in [5.41, 5.74) is 13.5. The van der Waals surface area contributed by atoms with Gasteiger partial charge in [0.1, 0.15) is 29.5 Å². The summed E-state index contributed by atoms with van der Waals surface area (Å²) in [7, 11) is 3.80. The van der Waals surface area contributed by atoms with Crippen molar-refractivity contribution >= 4 is 5.96 Å². The summed E-state index contributed by atoms with van der Waals surface area (Å²) in [6.07, 6.45) is 24.1. The van der Waals surface area contributed by atoms with E-state index in [0.717, 1.165) is 149 Å². The first-order valence-electron chi connectivity index (χ1n) is 32.8. The topological polar surface area (TPSA) is 201 Å². The third kappa shape index (κ3) is 11.1. The Hall–Kier alpha value is -4.53. The number of rotatable bonds is 7. The van der Waals surface area contributed by atoms with E-state index in [9.17, 15) is 25.5 Å². The highest BCUT2D eigenvalue weighted by molar-refractivity contribution is 5.84. The zero-order valence-electron chi connectivity index (χ0n) is 50.7. The molecule has 3 aromatic carbocycles. The molecule has 14 atom stereocenters. The van der Waals surface area contributed by atoms with Crippen LogP contribution in [-0.4, -0.2) is 102 Å². The minimum absolute atomic E-state index is 0.00565. The van der Waals surface area contributed by atoms with Crippen molar-refractivity contribution in [2.45, 2.75) is 204 Å². The van der Waals surface area contributed by atoms with E-state index in [4.69, 9.17) is 29.7 Å². The molecule has 0 radical (unpaired) electrons. The first-order chi connectivity index (χ1) is 40.1. The summed E-state index contributed by atoms with van der Waals surface area (Å²) in [6, 6.07) is 11.5. The lowest BCUT2D eigenvalue weighted by molar-refractivity contribution is -0.179. The number of phenolic OH excluding ortho intramolecular Hbond substituents is 2. The Balaban J connectivity index is 0.953. The first-order valence-corrected chi connectivity index (χ1v) is 32.8. The summed E-state index contributed by atoms with van der Waals surface area (Å²) in [5.74, 6) is 4.05. The quantitative estimate of drug-likeness (QED) is 0.104. The minimum Gasteiger partial charge on any atom is -0.508 e. The zero-order chi connectivity index (χ0) is 57.8. The number of aliphatic hydroxyl groups excluding tert-OH is 3. The maximum Gasteiger partial charge on any atom is 0.188 e. The van der Waals surface area contributed by atoms with Crippen molar-refractivity contribution in [3.8, 4) is 39.9 Å². The number of allylic oxidation sites excluding steroid dienone is 2. The lowest BCUT2D eigenvalue weighted by Gasteiger charge is -2.56. The number of phenols is 2. The minimum atomic E-state index is -0.918. The molecular weight excluding hydrogens is 1040 g/mol. The van der Waals surface area contributed by atoms with Gasteiger partial charge in [-0.2, -0.15) is 0 Å². The summed E-state index contributed by atoms with van der Waals surface area (Å²) in [6.45, 7) is 9.58. The molecule has 9 N–H and O–H groups in total. The number of aliphatic imine (C=N–C) groups is 1. The second-order valence-corrected chi connectivity index (χ2v) is 28.7. The number of benzene rings is 3. The second kappa shape index (κ2) is 24.0. The fourth-order valence-electron chi connectivity index (χ4n) is 19.7. The number of nitrogens with two attached hydrogens (primary N) is 1. The van der Waals surface area contributed by atoms with Crippen LogP contribution in [0, 0.1) is 57.7 Å². The average Bonchev–Trinajstić information content (AvgIpc) is 3.79. The van der Waals surface area contributed by atoms with Crippen molar-refractivity contribution < 1.29 is 44.5 Å². The molecule has 4 spiro atoms. The predicted molar refractivity (Wildman–Crippen MR) is 326 cm³/mol. The molecule has 13 nitrogen and oxygen atoms in total. The number of aromatic hydroxyl groups is 2. The van der Waals surface area contributed by atoms with Crippen LogP contribution >= 0.6 is 0 Å². The van der Waals surface area contributed by atoms with Crippen LogP contribution in [-0.2, 0) is 24.0 Å². The molecule has 5 fully saturated rings. The number of aliphatic hydroxyl groups is 3. The van der Waals surface area contributed by atoms with Crippen LogP contribution in [0.25, 0.3) is 11.1 Å². The number of methoxy groups -OCH3 is 1. The van der Waals surface area contributed by atoms with Crippen molar-refractivity contribution in [1.29, 1.82) is 0 Å². The van der Waals surface area contributed by atoms with Gasteiger partial charge in [-0.15, -0.1) is 0 Å². The largest absolute Gasteiger partial charge is 0.508 e. The molecule has 6 aliphatic carbocycles. The maximum atomic E-state index is 12.9. The smallest absolute Gasteiger partial charge is 0.188 e. The zero-order valence-corrected chi connectivity index (χ0v) is 50.7. The number of nitrogens with zero attached hydrogens (tertiary/aromatic N) is 1. The number of ether oxygens (including phenoxy) is 4. The third-order valence-corrected chi connectivity index (χ3v) is 23.6. The van der Waals surface area contributed by atoms with Crippen LogP contribution in [0.1, 0.15) is 189 Å². The third-order valence-electron chi connectivity index (χ3n) is 23.6. The van der Waals surface area contributed by atoms with Gasteiger partial charge in [0.2, 0.25) is 0 Å². The van der Waals surface area contributed by atoms with Crippen LogP contribution in [0.2, 0.25) is 0 Å². The molecule has 0 amide bonds. The van der Waals surface area contributed by atoms with Crippen molar-refractivity contribution in [2.24, 2.45) is 68.4 Å². The molecule has 6 heterocycles. The lowest BCUT2D eigenvalue weighted by atomic mass is 9.54. The van der Waals surface area contributed by atoms with Crippen LogP contribution in [0.5, 0.6) is 28.7 Å². The molecule has 12 aliphatic rings. The SMILES string of the molecule is CC[C@H]1C[C@H]2C=C[C@@H]1C[C@@H](O)C[C@@]1(CCC[C@@]13CCO[C@]1(CCC[C@H](CNC)C1)C3)CN=C(N)NCC[C@H]1[C@H](CCC3(CCCC3)[C@H]1CO)Oc1cc(ccc1O)[C@@H]1Oc3cc(OC)c4c(c3C[C@H]1O)[C@H]2Cc1cc(O)c(CC(C)C)cc1-4. The fraction of sp³-hybridized carbons (Fsp3) is 0.700. The fourth-order valence-corrected chi connectivity index (χ4v) is 19.7. The monoisotopic (exact) mass is 1140 g/mol. The molecule has 83 heavy (non-hydrogen) atoms. The number of guanidine groups is 1. The van der Waals surface area contributed by atoms with Crippen molar-refractivity contribution in [3.63, 3.8) is 0 Å².